The molecule has 10 heteroatoms. The molecule has 1 aliphatic rings. The summed E-state index contributed by atoms with van der Waals surface area (Å²) >= 11 is 0. The van der Waals surface area contributed by atoms with Gasteiger partial charge in [-0.2, -0.15) is 13.2 Å². The molecule has 3 heterocycles. The molecule has 144 valence electrons. The summed E-state index contributed by atoms with van der Waals surface area (Å²) in [4.78, 5) is 22.6. The number of hydrogen-bond acceptors (Lipinski definition) is 5. The van der Waals surface area contributed by atoms with Crippen LogP contribution in [0.3, 0.4) is 0 Å². The van der Waals surface area contributed by atoms with E-state index in [0.29, 0.717) is 23.6 Å². The summed E-state index contributed by atoms with van der Waals surface area (Å²) in [5, 5.41) is 8.03. The molecule has 2 aromatic heterocycles. The van der Waals surface area contributed by atoms with Crippen molar-refractivity contribution in [2.75, 3.05) is 0 Å². The van der Waals surface area contributed by atoms with Crippen molar-refractivity contribution in [3.05, 3.63) is 59.8 Å². The average molecular weight is 388 g/mol. The van der Waals surface area contributed by atoms with Gasteiger partial charge >= 0.3 is 6.18 Å². The van der Waals surface area contributed by atoms with Gasteiger partial charge in [-0.25, -0.2) is 4.98 Å². The van der Waals surface area contributed by atoms with Gasteiger partial charge in [-0.15, -0.1) is 10.2 Å². The van der Waals surface area contributed by atoms with Crippen LogP contribution in [0, 0.1) is 0 Å². The number of amides is 1. The number of aromatic nitrogens is 5. The molecule has 0 aliphatic carbocycles. The summed E-state index contributed by atoms with van der Waals surface area (Å²) in [6.45, 7) is 2.28. The van der Waals surface area contributed by atoms with Crippen LogP contribution in [0.4, 0.5) is 13.2 Å². The third-order valence-corrected chi connectivity index (χ3v) is 4.58. The first-order valence-corrected chi connectivity index (χ1v) is 8.51. The second-order valence-electron chi connectivity index (χ2n) is 6.53. The van der Waals surface area contributed by atoms with Gasteiger partial charge in [-0.3, -0.25) is 14.3 Å². The quantitative estimate of drug-likeness (QED) is 0.690. The third kappa shape index (κ3) is 3.21. The van der Waals surface area contributed by atoms with E-state index in [0.717, 1.165) is 12.1 Å². The zero-order valence-corrected chi connectivity index (χ0v) is 14.8. The minimum atomic E-state index is -4.43. The van der Waals surface area contributed by atoms with E-state index in [1.165, 1.54) is 29.6 Å². The smallest absolute Gasteiger partial charge is 0.327 e. The highest BCUT2D eigenvalue weighted by molar-refractivity contribution is 5.92. The molecule has 0 N–H and O–H groups in total. The van der Waals surface area contributed by atoms with Crippen molar-refractivity contribution in [2.45, 2.75) is 32.2 Å². The number of nitrogens with zero attached hydrogens (tertiary/aromatic N) is 6. The number of benzene rings is 1. The monoisotopic (exact) mass is 388 g/mol. The Kier molecular flexibility index (Phi) is 4.33. The maximum absolute atomic E-state index is 12.9. The van der Waals surface area contributed by atoms with Crippen LogP contribution < -0.4 is 0 Å². The lowest BCUT2D eigenvalue weighted by Crippen LogP contribution is -2.46. The Morgan fingerprint density at radius 1 is 1.18 bits per heavy atom. The zero-order chi connectivity index (χ0) is 19.9. The minimum absolute atomic E-state index is 0.0528. The van der Waals surface area contributed by atoms with Crippen LogP contribution in [0.2, 0.25) is 0 Å². The maximum Gasteiger partial charge on any atom is 0.416 e. The number of carbonyl (C=O) groups is 1. The number of hydrogen-bond donors (Lipinski definition) is 0. The van der Waals surface area contributed by atoms with E-state index in [-0.39, 0.29) is 24.3 Å². The van der Waals surface area contributed by atoms with Crippen molar-refractivity contribution >= 4 is 5.91 Å². The summed E-state index contributed by atoms with van der Waals surface area (Å²) < 4.78 is 40.5. The summed E-state index contributed by atoms with van der Waals surface area (Å²) in [5.41, 5.74) is 0.153. The van der Waals surface area contributed by atoms with E-state index in [2.05, 4.69) is 20.2 Å². The number of carbonyl (C=O) groups excluding carboxylic acids is 1. The van der Waals surface area contributed by atoms with Gasteiger partial charge in [0.1, 0.15) is 5.69 Å². The van der Waals surface area contributed by atoms with Crippen LogP contribution in [-0.4, -0.2) is 41.6 Å². The van der Waals surface area contributed by atoms with Gasteiger partial charge in [0, 0.05) is 31.5 Å². The van der Waals surface area contributed by atoms with Gasteiger partial charge < -0.3 is 4.90 Å². The Hall–Kier alpha value is -3.30. The lowest BCUT2D eigenvalue weighted by Gasteiger charge is -2.34. The highest BCUT2D eigenvalue weighted by Gasteiger charge is 2.35. The van der Waals surface area contributed by atoms with E-state index in [9.17, 15) is 18.0 Å². The maximum atomic E-state index is 12.9. The Balaban J connectivity index is 1.63. The van der Waals surface area contributed by atoms with Crippen LogP contribution in [0.1, 0.15) is 28.7 Å². The number of fused-ring (bicyclic) bond motifs is 1. The molecule has 1 amide bonds. The molecule has 1 atom stereocenters. The number of alkyl halides is 3. The van der Waals surface area contributed by atoms with Gasteiger partial charge in [0.15, 0.2) is 5.82 Å². The summed E-state index contributed by atoms with van der Waals surface area (Å²) in [6.07, 6.45) is 0.146. The van der Waals surface area contributed by atoms with Crippen LogP contribution in [-0.2, 0) is 19.3 Å². The van der Waals surface area contributed by atoms with Crippen LogP contribution in [0.5, 0.6) is 0 Å². The van der Waals surface area contributed by atoms with E-state index >= 15 is 0 Å². The summed E-state index contributed by atoms with van der Waals surface area (Å²) in [6, 6.07) is 4.71. The first-order chi connectivity index (χ1) is 13.3. The molecule has 28 heavy (non-hydrogen) atoms. The van der Waals surface area contributed by atoms with Gasteiger partial charge in [0.2, 0.25) is 5.82 Å². The van der Waals surface area contributed by atoms with E-state index < -0.39 is 11.7 Å². The second kappa shape index (κ2) is 6.70. The Morgan fingerprint density at radius 3 is 2.68 bits per heavy atom. The van der Waals surface area contributed by atoms with Crippen molar-refractivity contribution < 1.29 is 18.0 Å². The van der Waals surface area contributed by atoms with Gasteiger partial charge in [0.05, 0.1) is 11.8 Å². The predicted molar refractivity (Wildman–Crippen MR) is 91.8 cm³/mol. The molecule has 0 bridgehead atoms. The van der Waals surface area contributed by atoms with Crippen LogP contribution in [0.25, 0.3) is 11.5 Å². The Morgan fingerprint density at radius 2 is 1.96 bits per heavy atom. The minimum Gasteiger partial charge on any atom is -0.327 e. The molecule has 7 nitrogen and oxygen atoms in total. The van der Waals surface area contributed by atoms with Crippen LogP contribution >= 0.6 is 0 Å². The number of rotatable bonds is 3. The highest BCUT2D eigenvalue weighted by Crippen LogP contribution is 2.30. The molecule has 1 aromatic carbocycles. The lowest BCUT2D eigenvalue weighted by molar-refractivity contribution is -0.137. The topological polar surface area (TPSA) is 76.8 Å². The SMILES string of the molecule is C[C@H]1Cn2c(nnc2-c2cnccn2)C(=O)N1Cc1cccc(C(F)(F)F)c1. The standard InChI is InChI=1S/C18H15F3N6O/c1-11-9-27-15(14-8-22-5-6-23-14)24-25-16(27)17(28)26(11)10-12-3-2-4-13(7-12)18(19,20)21/h2-8,11H,9-10H2,1H3/t11-/m0/s1. The van der Waals surface area contributed by atoms with E-state index in [1.807, 2.05) is 6.92 Å². The van der Waals surface area contributed by atoms with Crippen molar-refractivity contribution in [1.29, 1.82) is 0 Å². The average Bonchev–Trinajstić information content (AvgIpc) is 3.09. The largest absolute Gasteiger partial charge is 0.416 e. The first-order valence-electron chi connectivity index (χ1n) is 8.51. The zero-order valence-electron chi connectivity index (χ0n) is 14.8. The molecule has 0 radical (unpaired) electrons. The van der Waals surface area contributed by atoms with Crippen molar-refractivity contribution in [1.82, 2.24) is 29.6 Å². The van der Waals surface area contributed by atoms with Gasteiger partial charge in [-0.1, -0.05) is 12.1 Å². The number of halogens is 3. The van der Waals surface area contributed by atoms with Gasteiger partial charge in [0.25, 0.3) is 5.91 Å². The molecule has 3 aromatic rings. The molecule has 0 fully saturated rings. The van der Waals surface area contributed by atoms with Gasteiger partial charge in [-0.05, 0) is 24.6 Å². The Bertz CT molecular complexity index is 1020. The fourth-order valence-electron chi connectivity index (χ4n) is 3.20. The molecule has 1 aliphatic heterocycles. The van der Waals surface area contributed by atoms with Crippen molar-refractivity contribution in [3.63, 3.8) is 0 Å². The normalized spacial score (nSPS) is 16.9. The second-order valence-corrected chi connectivity index (χ2v) is 6.53. The van der Waals surface area contributed by atoms with Crippen molar-refractivity contribution in [2.24, 2.45) is 0 Å². The molecular weight excluding hydrogens is 373 g/mol. The van der Waals surface area contributed by atoms with E-state index in [1.54, 1.807) is 10.6 Å². The first kappa shape index (κ1) is 18.1. The summed E-state index contributed by atoms with van der Waals surface area (Å²) in [7, 11) is 0. The van der Waals surface area contributed by atoms with Crippen molar-refractivity contribution in [3.8, 4) is 11.5 Å². The lowest BCUT2D eigenvalue weighted by atomic mass is 10.1. The fourth-order valence-corrected chi connectivity index (χ4v) is 3.20. The molecule has 0 spiro atoms. The van der Waals surface area contributed by atoms with E-state index in [4.69, 9.17) is 0 Å². The molecule has 0 unspecified atom stereocenters. The molecule has 4 rings (SSSR count). The predicted octanol–water partition coefficient (Wildman–Crippen LogP) is 2.80. The molecular formula is C18H15F3N6O. The highest BCUT2D eigenvalue weighted by atomic mass is 19.4. The third-order valence-electron chi connectivity index (χ3n) is 4.58. The molecule has 0 saturated heterocycles. The molecule has 0 saturated carbocycles. The summed E-state index contributed by atoms with van der Waals surface area (Å²) in [5.74, 6) is 0.173. The van der Waals surface area contributed by atoms with Crippen LogP contribution in [0.15, 0.2) is 42.9 Å². The fraction of sp³-hybridized carbons (Fsp3) is 0.278. The Labute approximate surface area is 157 Å².